The summed E-state index contributed by atoms with van der Waals surface area (Å²) in [5.74, 6) is 0. The normalized spacial score (nSPS) is 17.6. The average Bonchev–Trinajstić information content (AvgIpc) is 3.16. The molecule has 7 nitrogen and oxygen atoms in total. The second-order valence-electron chi connectivity index (χ2n) is 7.37. The van der Waals surface area contributed by atoms with Gasteiger partial charge in [0.25, 0.3) is 5.56 Å². The first-order valence-electron chi connectivity index (χ1n) is 8.86. The van der Waals surface area contributed by atoms with Gasteiger partial charge in [-0.1, -0.05) is 18.2 Å². The van der Waals surface area contributed by atoms with E-state index < -0.39 is 5.60 Å². The summed E-state index contributed by atoms with van der Waals surface area (Å²) in [6, 6.07) is 8.69. The molecule has 1 aromatic carbocycles. The zero-order valence-corrected chi connectivity index (χ0v) is 15.7. The van der Waals surface area contributed by atoms with E-state index in [4.69, 9.17) is 0 Å². The molecule has 1 aliphatic rings. The number of benzene rings is 1. The van der Waals surface area contributed by atoms with Crippen LogP contribution in [0.25, 0.3) is 5.69 Å². The molecule has 0 aliphatic carbocycles. The van der Waals surface area contributed by atoms with Crippen molar-refractivity contribution in [1.29, 1.82) is 0 Å². The highest BCUT2D eigenvalue weighted by atomic mass is 16.3. The molecule has 7 heteroatoms. The van der Waals surface area contributed by atoms with E-state index in [1.807, 2.05) is 30.3 Å². The molecule has 3 rings (SSSR count). The molecule has 0 spiro atoms. The van der Waals surface area contributed by atoms with Crippen LogP contribution in [0.15, 0.2) is 35.1 Å². The van der Waals surface area contributed by atoms with Gasteiger partial charge in [0.1, 0.15) is 5.69 Å². The number of likely N-dealkylation sites (tertiary alicyclic amines) is 1. The Morgan fingerprint density at radius 3 is 2.54 bits per heavy atom. The molecule has 2 amide bonds. The van der Waals surface area contributed by atoms with Crippen LogP contribution in [0.4, 0.5) is 10.5 Å². The number of hydrogen-bond acceptors (Lipinski definition) is 3. The zero-order valence-electron chi connectivity index (χ0n) is 15.7. The van der Waals surface area contributed by atoms with E-state index in [2.05, 4.69) is 5.32 Å². The van der Waals surface area contributed by atoms with Crippen LogP contribution in [-0.4, -0.2) is 43.6 Å². The molecule has 0 radical (unpaired) electrons. The average molecular weight is 358 g/mol. The number of aliphatic hydroxyl groups is 1. The SMILES string of the molecule is Cc1c(NC(=O)N2CCCC2C(C)(C)O)c(=O)n(-c2ccccc2)n1C. The van der Waals surface area contributed by atoms with Gasteiger partial charge in [-0.15, -0.1) is 0 Å². The Morgan fingerprint density at radius 1 is 1.27 bits per heavy atom. The van der Waals surface area contributed by atoms with E-state index >= 15 is 0 Å². The fourth-order valence-electron chi connectivity index (χ4n) is 3.64. The Hall–Kier alpha value is -2.54. The molecule has 1 fully saturated rings. The first kappa shape index (κ1) is 18.3. The van der Waals surface area contributed by atoms with Crippen LogP contribution in [0.2, 0.25) is 0 Å². The van der Waals surface area contributed by atoms with Crippen molar-refractivity contribution in [2.45, 2.75) is 45.3 Å². The van der Waals surface area contributed by atoms with Crippen LogP contribution >= 0.6 is 0 Å². The van der Waals surface area contributed by atoms with Gasteiger partial charge in [0.2, 0.25) is 0 Å². The van der Waals surface area contributed by atoms with Crippen LogP contribution in [0.3, 0.4) is 0 Å². The van der Waals surface area contributed by atoms with Gasteiger partial charge in [-0.2, -0.15) is 0 Å². The lowest BCUT2D eigenvalue weighted by Gasteiger charge is -2.33. The maximum atomic E-state index is 12.9. The van der Waals surface area contributed by atoms with Crippen LogP contribution in [-0.2, 0) is 7.05 Å². The molecule has 26 heavy (non-hydrogen) atoms. The summed E-state index contributed by atoms with van der Waals surface area (Å²) in [7, 11) is 1.79. The second-order valence-corrected chi connectivity index (χ2v) is 7.37. The van der Waals surface area contributed by atoms with Crippen molar-refractivity contribution in [1.82, 2.24) is 14.3 Å². The number of amides is 2. The largest absolute Gasteiger partial charge is 0.388 e. The molecule has 0 bridgehead atoms. The van der Waals surface area contributed by atoms with Crippen LogP contribution < -0.4 is 10.9 Å². The second kappa shape index (κ2) is 6.64. The number of rotatable bonds is 3. The minimum atomic E-state index is -0.982. The summed E-state index contributed by atoms with van der Waals surface area (Å²) in [6.45, 7) is 5.78. The third kappa shape index (κ3) is 3.14. The van der Waals surface area contributed by atoms with Crippen molar-refractivity contribution < 1.29 is 9.90 Å². The van der Waals surface area contributed by atoms with Gasteiger partial charge in [0, 0.05) is 13.6 Å². The van der Waals surface area contributed by atoms with E-state index in [9.17, 15) is 14.7 Å². The summed E-state index contributed by atoms with van der Waals surface area (Å²) in [5.41, 5.74) is 0.417. The Labute approximate surface area is 152 Å². The van der Waals surface area contributed by atoms with Crippen molar-refractivity contribution >= 4 is 11.7 Å². The summed E-state index contributed by atoms with van der Waals surface area (Å²) >= 11 is 0. The maximum absolute atomic E-state index is 12.9. The first-order valence-corrected chi connectivity index (χ1v) is 8.86. The van der Waals surface area contributed by atoms with Gasteiger partial charge in [0.15, 0.2) is 0 Å². The highest BCUT2D eigenvalue weighted by molar-refractivity contribution is 5.90. The molecular weight excluding hydrogens is 332 g/mol. The van der Waals surface area contributed by atoms with Crippen LogP contribution in [0.1, 0.15) is 32.4 Å². The van der Waals surface area contributed by atoms with Crippen LogP contribution in [0, 0.1) is 6.92 Å². The molecule has 2 N–H and O–H groups in total. The number of aromatic nitrogens is 2. The first-order chi connectivity index (χ1) is 12.2. The molecule has 140 valence electrons. The smallest absolute Gasteiger partial charge is 0.322 e. The van der Waals surface area contributed by atoms with E-state index in [1.54, 1.807) is 37.4 Å². The van der Waals surface area contributed by atoms with Gasteiger partial charge in [0.05, 0.1) is 23.0 Å². The highest BCUT2D eigenvalue weighted by Gasteiger charge is 2.39. The molecule has 1 saturated heterocycles. The number of hydrogen-bond donors (Lipinski definition) is 2. The lowest BCUT2D eigenvalue weighted by molar-refractivity contribution is 0.0117. The predicted octanol–water partition coefficient (Wildman–Crippen LogP) is 2.25. The monoisotopic (exact) mass is 358 g/mol. The number of nitrogens with one attached hydrogen (secondary N) is 1. The minimum absolute atomic E-state index is 0.261. The highest BCUT2D eigenvalue weighted by Crippen LogP contribution is 2.27. The minimum Gasteiger partial charge on any atom is -0.388 e. The molecule has 2 aromatic rings. The number of nitrogens with zero attached hydrogens (tertiary/aromatic N) is 3. The molecule has 0 saturated carbocycles. The lowest BCUT2D eigenvalue weighted by Crippen LogP contribution is -2.49. The van der Waals surface area contributed by atoms with Gasteiger partial charge >= 0.3 is 6.03 Å². The van der Waals surface area contributed by atoms with Crippen molar-refractivity contribution in [2.24, 2.45) is 7.05 Å². The molecule has 2 heterocycles. The van der Waals surface area contributed by atoms with Gasteiger partial charge in [-0.05, 0) is 45.7 Å². The van der Waals surface area contributed by atoms with Crippen LogP contribution in [0.5, 0.6) is 0 Å². The Kier molecular flexibility index (Phi) is 4.66. The summed E-state index contributed by atoms with van der Waals surface area (Å²) in [5, 5.41) is 13.1. The van der Waals surface area contributed by atoms with E-state index in [-0.39, 0.29) is 23.3 Å². The standard InChI is InChI=1S/C19H26N4O3/c1-13-16(17(24)23(21(13)4)14-9-6-5-7-10-14)20-18(25)22-12-8-11-15(22)19(2,3)26/h5-7,9-10,15,26H,8,11-12H2,1-4H3,(H,20,25). The Balaban J connectivity index is 1.92. The molecule has 1 atom stereocenters. The van der Waals surface area contributed by atoms with Gasteiger partial charge < -0.3 is 15.3 Å². The third-order valence-electron chi connectivity index (χ3n) is 5.12. The van der Waals surface area contributed by atoms with Crippen molar-refractivity contribution in [2.75, 3.05) is 11.9 Å². The maximum Gasteiger partial charge on any atom is 0.322 e. The fourth-order valence-corrected chi connectivity index (χ4v) is 3.64. The summed E-state index contributed by atoms with van der Waals surface area (Å²) in [6.07, 6.45) is 1.59. The van der Waals surface area contributed by atoms with Gasteiger partial charge in [-0.3, -0.25) is 9.48 Å². The van der Waals surface area contributed by atoms with Gasteiger partial charge in [-0.25, -0.2) is 9.48 Å². The Morgan fingerprint density at radius 2 is 1.92 bits per heavy atom. The molecule has 1 aliphatic heterocycles. The Bertz CT molecular complexity index is 861. The summed E-state index contributed by atoms with van der Waals surface area (Å²) in [4.78, 5) is 27.3. The summed E-state index contributed by atoms with van der Waals surface area (Å²) < 4.78 is 3.26. The predicted molar refractivity (Wildman–Crippen MR) is 101 cm³/mol. The lowest BCUT2D eigenvalue weighted by atomic mass is 9.97. The molecule has 1 aromatic heterocycles. The number of anilines is 1. The molecular formula is C19H26N4O3. The van der Waals surface area contributed by atoms with E-state index in [1.165, 1.54) is 4.68 Å². The zero-order chi connectivity index (χ0) is 19.1. The quantitative estimate of drug-likeness (QED) is 0.883. The number of carbonyl (C=O) groups excluding carboxylic acids is 1. The van der Waals surface area contributed by atoms with Crippen molar-refractivity contribution in [3.63, 3.8) is 0 Å². The fraction of sp³-hybridized carbons (Fsp3) is 0.474. The third-order valence-corrected chi connectivity index (χ3v) is 5.12. The topological polar surface area (TPSA) is 79.5 Å². The van der Waals surface area contributed by atoms with E-state index in [0.717, 1.165) is 18.5 Å². The molecule has 1 unspecified atom stereocenters. The number of urea groups is 1. The van der Waals surface area contributed by atoms with E-state index in [0.29, 0.717) is 12.2 Å². The van der Waals surface area contributed by atoms with Crippen molar-refractivity contribution in [3.05, 3.63) is 46.4 Å². The van der Waals surface area contributed by atoms with Crippen molar-refractivity contribution in [3.8, 4) is 5.69 Å². The number of carbonyl (C=O) groups is 1. The number of para-hydroxylation sites is 1.